The molecular formula is C16H17ClN4O. The fourth-order valence-electron chi connectivity index (χ4n) is 2.60. The maximum absolute atomic E-state index is 12.2. The van der Waals surface area contributed by atoms with Crippen LogP contribution in [0, 0.1) is 0 Å². The van der Waals surface area contributed by atoms with Gasteiger partial charge in [-0.15, -0.1) is 0 Å². The normalized spacial score (nSPS) is 14.8. The molecule has 0 unspecified atom stereocenters. The molecule has 22 heavy (non-hydrogen) atoms. The van der Waals surface area contributed by atoms with Gasteiger partial charge in [-0.2, -0.15) is 0 Å². The van der Waals surface area contributed by atoms with E-state index in [2.05, 4.69) is 20.6 Å². The third kappa shape index (κ3) is 3.74. The second kappa shape index (κ2) is 6.75. The van der Waals surface area contributed by atoms with E-state index in [0.29, 0.717) is 28.3 Å². The van der Waals surface area contributed by atoms with Gasteiger partial charge in [-0.1, -0.05) is 30.5 Å². The van der Waals surface area contributed by atoms with Crippen molar-refractivity contribution in [1.82, 2.24) is 9.97 Å². The number of aromatic nitrogens is 2. The zero-order valence-corrected chi connectivity index (χ0v) is 12.8. The van der Waals surface area contributed by atoms with Crippen LogP contribution in [0.25, 0.3) is 0 Å². The van der Waals surface area contributed by atoms with Crippen LogP contribution in [-0.2, 0) is 0 Å². The molecule has 2 aromatic rings. The third-order valence-corrected chi connectivity index (χ3v) is 3.92. The van der Waals surface area contributed by atoms with Crippen molar-refractivity contribution in [2.24, 2.45) is 0 Å². The lowest BCUT2D eigenvalue weighted by Crippen LogP contribution is -2.18. The van der Waals surface area contributed by atoms with E-state index in [9.17, 15) is 4.79 Å². The monoisotopic (exact) mass is 316 g/mol. The average molecular weight is 317 g/mol. The van der Waals surface area contributed by atoms with Crippen LogP contribution in [0.2, 0.25) is 5.02 Å². The van der Waals surface area contributed by atoms with Crippen molar-refractivity contribution in [3.63, 3.8) is 0 Å². The van der Waals surface area contributed by atoms with Gasteiger partial charge in [0.25, 0.3) is 5.91 Å². The van der Waals surface area contributed by atoms with Crippen LogP contribution in [0.3, 0.4) is 0 Å². The van der Waals surface area contributed by atoms with Gasteiger partial charge in [-0.25, -0.2) is 9.97 Å². The van der Waals surface area contributed by atoms with E-state index in [1.165, 1.54) is 19.2 Å². The molecule has 1 aliphatic rings. The molecule has 114 valence electrons. The number of amides is 1. The fourth-order valence-corrected chi connectivity index (χ4v) is 2.79. The Hall–Kier alpha value is -2.14. The summed E-state index contributed by atoms with van der Waals surface area (Å²) < 4.78 is 0. The molecule has 0 bridgehead atoms. The number of hydrogen-bond donors (Lipinski definition) is 2. The Bertz CT molecular complexity index is 671. The van der Waals surface area contributed by atoms with Gasteiger partial charge in [-0.3, -0.25) is 4.79 Å². The van der Waals surface area contributed by atoms with E-state index >= 15 is 0 Å². The van der Waals surface area contributed by atoms with E-state index < -0.39 is 0 Å². The molecule has 1 aromatic heterocycles. The maximum Gasteiger partial charge on any atom is 0.274 e. The van der Waals surface area contributed by atoms with Crippen molar-refractivity contribution in [2.45, 2.75) is 31.7 Å². The van der Waals surface area contributed by atoms with Crippen LogP contribution in [0.1, 0.15) is 36.2 Å². The highest BCUT2D eigenvalue weighted by Gasteiger charge is 2.16. The van der Waals surface area contributed by atoms with Crippen LogP contribution in [0.5, 0.6) is 0 Å². The number of nitrogens with one attached hydrogen (secondary N) is 2. The molecule has 1 amide bonds. The second-order valence-corrected chi connectivity index (χ2v) is 5.82. The summed E-state index contributed by atoms with van der Waals surface area (Å²) in [5, 5.41) is 6.71. The first-order valence-electron chi connectivity index (χ1n) is 7.36. The molecule has 0 radical (unpaired) electrons. The number of anilines is 2. The lowest BCUT2D eigenvalue weighted by molar-refractivity contribution is 0.102. The number of hydrogen-bond acceptors (Lipinski definition) is 4. The van der Waals surface area contributed by atoms with Gasteiger partial charge >= 0.3 is 0 Å². The number of nitrogens with zero attached hydrogens (tertiary/aromatic N) is 2. The quantitative estimate of drug-likeness (QED) is 0.901. The van der Waals surface area contributed by atoms with Crippen molar-refractivity contribution in [3.05, 3.63) is 47.4 Å². The molecule has 1 aromatic carbocycles. The van der Waals surface area contributed by atoms with Crippen molar-refractivity contribution in [3.8, 4) is 0 Å². The minimum absolute atomic E-state index is 0.279. The van der Waals surface area contributed by atoms with Gasteiger partial charge in [0.15, 0.2) is 0 Å². The molecule has 0 spiro atoms. The third-order valence-electron chi connectivity index (χ3n) is 3.69. The Morgan fingerprint density at radius 2 is 2.00 bits per heavy atom. The molecule has 6 heteroatoms. The summed E-state index contributed by atoms with van der Waals surface area (Å²) in [5.41, 5.74) is 0.969. The van der Waals surface area contributed by atoms with E-state index in [-0.39, 0.29) is 5.91 Å². The predicted molar refractivity (Wildman–Crippen MR) is 87.3 cm³/mol. The minimum Gasteiger partial charge on any atom is -0.367 e. The lowest BCUT2D eigenvalue weighted by Gasteiger charge is -2.12. The molecule has 1 fully saturated rings. The van der Waals surface area contributed by atoms with Gasteiger partial charge in [-0.05, 0) is 31.0 Å². The Morgan fingerprint density at radius 1 is 1.18 bits per heavy atom. The predicted octanol–water partition coefficient (Wildman–Crippen LogP) is 3.74. The number of rotatable bonds is 4. The smallest absolute Gasteiger partial charge is 0.274 e. The molecule has 0 atom stereocenters. The van der Waals surface area contributed by atoms with Gasteiger partial charge in [0.1, 0.15) is 17.8 Å². The van der Waals surface area contributed by atoms with Crippen LogP contribution in [-0.4, -0.2) is 21.9 Å². The topological polar surface area (TPSA) is 66.9 Å². The number of benzene rings is 1. The molecular weight excluding hydrogens is 300 g/mol. The minimum atomic E-state index is -0.279. The summed E-state index contributed by atoms with van der Waals surface area (Å²) in [6, 6.07) is 9.13. The van der Waals surface area contributed by atoms with Crippen molar-refractivity contribution in [1.29, 1.82) is 0 Å². The zero-order valence-electron chi connectivity index (χ0n) is 12.1. The summed E-state index contributed by atoms with van der Waals surface area (Å²) >= 11 is 5.91. The van der Waals surface area contributed by atoms with Crippen molar-refractivity contribution < 1.29 is 4.79 Å². The van der Waals surface area contributed by atoms with Crippen molar-refractivity contribution in [2.75, 3.05) is 10.6 Å². The highest BCUT2D eigenvalue weighted by atomic mass is 35.5. The molecule has 3 rings (SSSR count). The van der Waals surface area contributed by atoms with Gasteiger partial charge in [0.2, 0.25) is 0 Å². The summed E-state index contributed by atoms with van der Waals surface area (Å²) in [7, 11) is 0. The Labute approximate surface area is 134 Å². The van der Waals surface area contributed by atoms with E-state index in [1.54, 1.807) is 30.3 Å². The summed E-state index contributed by atoms with van der Waals surface area (Å²) in [4.78, 5) is 20.5. The molecule has 1 heterocycles. The number of carbonyl (C=O) groups excluding carboxylic acids is 1. The number of halogens is 1. The average Bonchev–Trinajstić information content (AvgIpc) is 3.00. The van der Waals surface area contributed by atoms with Crippen molar-refractivity contribution >= 4 is 29.0 Å². The van der Waals surface area contributed by atoms with E-state index in [4.69, 9.17) is 11.6 Å². The standard InChI is InChI=1S/C16H17ClN4O/c17-11-4-3-7-13(8-11)21-16(22)14-9-15(19-10-18-14)20-12-5-1-2-6-12/h3-4,7-10,12H,1-2,5-6H2,(H,21,22)(H,18,19,20). The Kier molecular flexibility index (Phi) is 4.53. The summed E-state index contributed by atoms with van der Waals surface area (Å²) in [5.74, 6) is 0.414. The first-order chi connectivity index (χ1) is 10.7. The SMILES string of the molecule is O=C(Nc1cccc(Cl)c1)c1cc(NC2CCCC2)ncn1. The molecule has 2 N–H and O–H groups in total. The highest BCUT2D eigenvalue weighted by Crippen LogP contribution is 2.21. The van der Waals surface area contributed by atoms with Gasteiger partial charge < -0.3 is 10.6 Å². The van der Waals surface area contributed by atoms with Crippen LogP contribution in [0.4, 0.5) is 11.5 Å². The molecule has 0 aliphatic heterocycles. The maximum atomic E-state index is 12.2. The summed E-state index contributed by atoms with van der Waals surface area (Å²) in [6.07, 6.45) is 6.18. The summed E-state index contributed by atoms with van der Waals surface area (Å²) in [6.45, 7) is 0. The van der Waals surface area contributed by atoms with E-state index in [1.807, 2.05) is 0 Å². The molecule has 1 saturated carbocycles. The van der Waals surface area contributed by atoms with Gasteiger partial charge in [0, 0.05) is 22.8 Å². The van der Waals surface area contributed by atoms with Gasteiger partial charge in [0.05, 0.1) is 0 Å². The highest BCUT2D eigenvalue weighted by molar-refractivity contribution is 6.30. The van der Waals surface area contributed by atoms with Crippen LogP contribution in [0.15, 0.2) is 36.7 Å². The van der Waals surface area contributed by atoms with Crippen LogP contribution >= 0.6 is 11.6 Å². The second-order valence-electron chi connectivity index (χ2n) is 5.38. The first-order valence-corrected chi connectivity index (χ1v) is 7.74. The Morgan fingerprint density at radius 3 is 2.77 bits per heavy atom. The first kappa shape index (κ1) is 14.8. The zero-order chi connectivity index (χ0) is 15.4. The van der Waals surface area contributed by atoms with Crippen LogP contribution < -0.4 is 10.6 Å². The molecule has 1 aliphatic carbocycles. The lowest BCUT2D eigenvalue weighted by atomic mass is 10.2. The molecule has 0 saturated heterocycles. The fraction of sp³-hybridized carbons (Fsp3) is 0.312. The molecule has 5 nitrogen and oxygen atoms in total. The van der Waals surface area contributed by atoms with E-state index in [0.717, 1.165) is 12.8 Å². The largest absolute Gasteiger partial charge is 0.367 e. The Balaban J connectivity index is 1.69. The number of carbonyl (C=O) groups is 1.